The van der Waals surface area contributed by atoms with Crippen molar-refractivity contribution in [2.24, 2.45) is 0 Å². The summed E-state index contributed by atoms with van der Waals surface area (Å²) >= 11 is 3.03. The minimum Gasteiger partial charge on any atom is -0.423 e. The molecular weight excluding hydrogens is 195 g/mol. The summed E-state index contributed by atoms with van der Waals surface area (Å²) in [5.41, 5.74) is 0. The molecule has 58 valence electrons. The smallest absolute Gasteiger partial charge is 0.423 e. The Hall–Kier alpha value is 0.205. The molecule has 0 saturated carbocycles. The highest BCUT2D eigenvalue weighted by atomic mass is 79.9. The van der Waals surface area contributed by atoms with Crippen LogP contribution in [0, 0.1) is 0 Å². The lowest BCUT2D eigenvalue weighted by Gasteiger charge is -1.94. The zero-order chi connectivity index (χ0) is 7.98. The van der Waals surface area contributed by atoms with Crippen molar-refractivity contribution in [3.63, 3.8) is 0 Å². The molecule has 0 aromatic heterocycles. The van der Waals surface area contributed by atoms with Crippen molar-refractivity contribution in [2.45, 2.75) is 26.2 Å². The Morgan fingerprint density at radius 2 is 2.20 bits per heavy atom. The van der Waals surface area contributed by atoms with Gasteiger partial charge in [0.2, 0.25) is 0 Å². The zero-order valence-electron chi connectivity index (χ0n) is 6.05. The first-order valence-electron chi connectivity index (χ1n) is 3.40. The van der Waals surface area contributed by atoms with Gasteiger partial charge in [0.1, 0.15) is 0 Å². The molecule has 0 fully saturated rings. The SMILES string of the molecule is CCCC/C=C(/Br)B(O)O. The van der Waals surface area contributed by atoms with E-state index in [9.17, 15) is 0 Å². The van der Waals surface area contributed by atoms with Gasteiger partial charge in [-0.25, -0.2) is 0 Å². The summed E-state index contributed by atoms with van der Waals surface area (Å²) in [5, 5.41) is 17.1. The average molecular weight is 207 g/mol. The molecule has 10 heavy (non-hydrogen) atoms. The highest BCUT2D eigenvalue weighted by Crippen LogP contribution is 2.08. The van der Waals surface area contributed by atoms with Crippen LogP contribution in [0.15, 0.2) is 10.5 Å². The van der Waals surface area contributed by atoms with Crippen LogP contribution in [0.25, 0.3) is 0 Å². The Labute approximate surface area is 70.2 Å². The van der Waals surface area contributed by atoms with Gasteiger partial charge in [-0.15, -0.1) is 0 Å². The summed E-state index contributed by atoms with van der Waals surface area (Å²) in [6.45, 7) is 2.09. The minimum atomic E-state index is -1.35. The summed E-state index contributed by atoms with van der Waals surface area (Å²) < 4.78 is 0.459. The standard InChI is InChI=1S/C6H12BBrO2/c1-2-3-4-5-6(8)7(9)10/h5,9-10H,2-4H2,1H3/b6-5+. The van der Waals surface area contributed by atoms with Gasteiger partial charge in [-0.05, 0) is 6.42 Å². The van der Waals surface area contributed by atoms with Crippen molar-refractivity contribution in [1.29, 1.82) is 0 Å². The first-order valence-corrected chi connectivity index (χ1v) is 4.19. The van der Waals surface area contributed by atoms with Gasteiger partial charge in [0, 0.05) is 4.38 Å². The van der Waals surface area contributed by atoms with Crippen LogP contribution in [0.2, 0.25) is 0 Å². The molecule has 4 heteroatoms. The van der Waals surface area contributed by atoms with Gasteiger partial charge in [0.05, 0.1) is 0 Å². The number of hydrogen-bond acceptors (Lipinski definition) is 2. The van der Waals surface area contributed by atoms with Gasteiger partial charge in [0.15, 0.2) is 0 Å². The van der Waals surface area contributed by atoms with E-state index in [0.29, 0.717) is 4.38 Å². The molecule has 0 aliphatic carbocycles. The van der Waals surface area contributed by atoms with Gasteiger partial charge in [0.25, 0.3) is 0 Å². The molecule has 0 spiro atoms. The predicted octanol–water partition coefficient (Wildman–Crippen LogP) is 1.47. The van der Waals surface area contributed by atoms with Gasteiger partial charge >= 0.3 is 7.12 Å². The average Bonchev–Trinajstić information content (AvgIpc) is 1.88. The molecule has 0 saturated heterocycles. The molecule has 0 bridgehead atoms. The van der Waals surface area contributed by atoms with E-state index < -0.39 is 7.12 Å². The number of halogens is 1. The molecule has 0 rings (SSSR count). The van der Waals surface area contributed by atoms with Crippen LogP contribution < -0.4 is 0 Å². The van der Waals surface area contributed by atoms with Crippen LogP contribution in [0.3, 0.4) is 0 Å². The maximum absolute atomic E-state index is 8.56. The Kier molecular flexibility index (Phi) is 6.07. The van der Waals surface area contributed by atoms with E-state index >= 15 is 0 Å². The van der Waals surface area contributed by atoms with Gasteiger partial charge < -0.3 is 10.0 Å². The minimum absolute atomic E-state index is 0.459. The lowest BCUT2D eigenvalue weighted by Crippen LogP contribution is -2.10. The van der Waals surface area contributed by atoms with Crippen molar-refractivity contribution in [2.75, 3.05) is 0 Å². The Bertz CT molecular complexity index is 114. The highest BCUT2D eigenvalue weighted by molar-refractivity contribution is 9.12. The van der Waals surface area contributed by atoms with Gasteiger partial charge in [-0.1, -0.05) is 41.8 Å². The second-order valence-corrected chi connectivity index (χ2v) is 3.02. The second-order valence-electron chi connectivity index (χ2n) is 2.10. The normalized spacial score (nSPS) is 11.8. The fourth-order valence-corrected chi connectivity index (χ4v) is 0.778. The molecule has 0 aliphatic rings. The van der Waals surface area contributed by atoms with Crippen molar-refractivity contribution < 1.29 is 10.0 Å². The van der Waals surface area contributed by atoms with E-state index in [1.54, 1.807) is 6.08 Å². The summed E-state index contributed by atoms with van der Waals surface area (Å²) in [5.74, 6) is 0. The van der Waals surface area contributed by atoms with E-state index in [1.807, 2.05) is 0 Å². The maximum atomic E-state index is 8.56. The molecule has 0 unspecified atom stereocenters. The van der Waals surface area contributed by atoms with Crippen molar-refractivity contribution in [3.8, 4) is 0 Å². The largest absolute Gasteiger partial charge is 0.495 e. The Morgan fingerprint density at radius 3 is 2.60 bits per heavy atom. The van der Waals surface area contributed by atoms with E-state index in [2.05, 4.69) is 22.9 Å². The van der Waals surface area contributed by atoms with Crippen LogP contribution in [0.4, 0.5) is 0 Å². The van der Waals surface area contributed by atoms with Crippen LogP contribution >= 0.6 is 15.9 Å². The van der Waals surface area contributed by atoms with Gasteiger partial charge in [-0.3, -0.25) is 0 Å². The molecular formula is C6H12BBrO2. The lowest BCUT2D eigenvalue weighted by atomic mass is 9.91. The fraction of sp³-hybridized carbons (Fsp3) is 0.667. The summed E-state index contributed by atoms with van der Waals surface area (Å²) in [4.78, 5) is 0. The molecule has 2 nitrogen and oxygen atoms in total. The second kappa shape index (κ2) is 5.95. The Balaban J connectivity index is 3.48. The molecule has 0 aromatic carbocycles. The third kappa shape index (κ3) is 5.03. The van der Waals surface area contributed by atoms with Crippen LogP contribution in [0.5, 0.6) is 0 Å². The topological polar surface area (TPSA) is 40.5 Å². The summed E-state index contributed by atoms with van der Waals surface area (Å²) in [6.07, 6.45) is 4.89. The number of hydrogen-bond donors (Lipinski definition) is 2. The fourth-order valence-electron chi connectivity index (χ4n) is 0.549. The monoisotopic (exact) mass is 206 g/mol. The molecule has 2 N–H and O–H groups in total. The quantitative estimate of drug-likeness (QED) is 0.541. The molecule has 0 aromatic rings. The van der Waals surface area contributed by atoms with E-state index in [1.165, 1.54) is 0 Å². The highest BCUT2D eigenvalue weighted by Gasteiger charge is 2.09. The third-order valence-electron chi connectivity index (χ3n) is 1.14. The first kappa shape index (κ1) is 10.2. The van der Waals surface area contributed by atoms with E-state index in [-0.39, 0.29) is 0 Å². The number of unbranched alkanes of at least 4 members (excludes halogenated alkanes) is 2. The maximum Gasteiger partial charge on any atom is 0.495 e. The van der Waals surface area contributed by atoms with Crippen LogP contribution in [-0.4, -0.2) is 17.2 Å². The van der Waals surface area contributed by atoms with Crippen LogP contribution in [-0.2, 0) is 0 Å². The van der Waals surface area contributed by atoms with Crippen LogP contribution in [0.1, 0.15) is 26.2 Å². The first-order chi connectivity index (χ1) is 4.68. The van der Waals surface area contributed by atoms with E-state index in [4.69, 9.17) is 10.0 Å². The number of allylic oxidation sites excluding steroid dienone is 1. The zero-order valence-corrected chi connectivity index (χ0v) is 7.63. The number of rotatable bonds is 4. The third-order valence-corrected chi connectivity index (χ3v) is 1.88. The van der Waals surface area contributed by atoms with Crippen molar-refractivity contribution in [3.05, 3.63) is 10.5 Å². The van der Waals surface area contributed by atoms with Crippen molar-refractivity contribution in [1.82, 2.24) is 0 Å². The summed E-state index contributed by atoms with van der Waals surface area (Å²) in [7, 11) is -1.35. The molecule has 0 atom stereocenters. The predicted molar refractivity (Wildman–Crippen MR) is 46.7 cm³/mol. The lowest BCUT2D eigenvalue weighted by molar-refractivity contribution is 0.423. The summed E-state index contributed by atoms with van der Waals surface area (Å²) in [6, 6.07) is 0. The molecule has 0 heterocycles. The molecule has 0 aliphatic heterocycles. The molecule has 0 radical (unpaired) electrons. The van der Waals surface area contributed by atoms with E-state index in [0.717, 1.165) is 19.3 Å². The van der Waals surface area contributed by atoms with Gasteiger partial charge in [-0.2, -0.15) is 0 Å². The molecule has 0 amide bonds. The van der Waals surface area contributed by atoms with Crippen molar-refractivity contribution >= 4 is 23.0 Å². The Morgan fingerprint density at radius 1 is 1.60 bits per heavy atom.